The van der Waals surface area contributed by atoms with E-state index in [-0.39, 0.29) is 0 Å². The van der Waals surface area contributed by atoms with Crippen LogP contribution in [-0.4, -0.2) is 0 Å². The molecular formula is CuFeO2. The Morgan fingerprint density at radius 2 is 1.25 bits per heavy atom. The third-order valence-corrected chi connectivity index (χ3v) is 0. The van der Waals surface area contributed by atoms with Crippen LogP contribution < -0.4 is 0 Å². The van der Waals surface area contributed by atoms with Crippen LogP contribution in [0.5, 0.6) is 0 Å². The van der Waals surface area contributed by atoms with Gasteiger partial charge >= 0.3 is 39.6 Å². The molecule has 0 bridgehead atoms. The molecule has 0 saturated carbocycles. The van der Waals surface area contributed by atoms with Gasteiger partial charge in [-0.1, -0.05) is 0 Å². The summed E-state index contributed by atoms with van der Waals surface area (Å²) in [4.78, 5) is 0. The Balaban J connectivity index is 0. The van der Waals surface area contributed by atoms with Crippen molar-refractivity contribution in [1.29, 1.82) is 0 Å². The van der Waals surface area contributed by atoms with Crippen LogP contribution in [0.15, 0.2) is 0 Å². The van der Waals surface area contributed by atoms with Crippen LogP contribution in [0.4, 0.5) is 0 Å². The topological polar surface area (TPSA) is 34.1 Å². The van der Waals surface area contributed by atoms with Gasteiger partial charge in [-0.15, -0.1) is 0 Å². The Morgan fingerprint density at radius 1 is 1.25 bits per heavy atom. The summed E-state index contributed by atoms with van der Waals surface area (Å²) in [5.41, 5.74) is 0. The Morgan fingerprint density at radius 3 is 1.25 bits per heavy atom. The number of hydrogen-bond donors (Lipinski definition) is 0. The van der Waals surface area contributed by atoms with Crippen molar-refractivity contribution in [2.75, 3.05) is 0 Å². The van der Waals surface area contributed by atoms with Gasteiger partial charge in [0, 0.05) is 0 Å². The standard InChI is InChI=1S/Cu.Fe.2O. The van der Waals surface area contributed by atoms with Crippen molar-refractivity contribution in [1.82, 2.24) is 0 Å². The molecule has 0 aromatic heterocycles. The molecule has 2 nitrogen and oxygen atoms in total. The van der Waals surface area contributed by atoms with E-state index in [2.05, 4.69) is 15.9 Å². The molecule has 0 spiro atoms. The molecule has 31 valence electrons. The fourth-order valence-corrected chi connectivity index (χ4v) is 0. The third-order valence-electron chi connectivity index (χ3n) is 0. The summed E-state index contributed by atoms with van der Waals surface area (Å²) in [6.45, 7) is 0. The van der Waals surface area contributed by atoms with Crippen molar-refractivity contribution >= 4 is 0 Å². The Hall–Kier alpha value is 0.639. The van der Waals surface area contributed by atoms with Crippen molar-refractivity contribution < 1.29 is 39.6 Å². The minimum absolute atomic E-state index is 2.00. The zero-order valence-electron chi connectivity index (χ0n) is 1.47. The van der Waals surface area contributed by atoms with Crippen LogP contribution in [0.1, 0.15) is 0 Å². The van der Waals surface area contributed by atoms with Crippen LogP contribution in [-0.2, 0) is 39.6 Å². The molecule has 0 aromatic rings. The van der Waals surface area contributed by atoms with E-state index in [0.29, 0.717) is 0 Å². The first-order valence-electron chi connectivity index (χ1n) is 0.267. The van der Waals surface area contributed by atoms with E-state index in [1.807, 2.05) is 15.9 Å². The second kappa shape index (κ2) is 62.1. The van der Waals surface area contributed by atoms with Gasteiger partial charge in [0.2, 0.25) is 0 Å². The summed E-state index contributed by atoms with van der Waals surface area (Å²) >= 11 is 4.94. The van der Waals surface area contributed by atoms with Crippen LogP contribution in [0.2, 0.25) is 0 Å². The van der Waals surface area contributed by atoms with Crippen LogP contribution in [0, 0.1) is 0 Å². The zero-order chi connectivity index (χ0) is 4.00. The first-order valence-corrected chi connectivity index (χ1v) is 1.10. The summed E-state index contributed by atoms with van der Waals surface area (Å²) in [7, 11) is 0. The van der Waals surface area contributed by atoms with Crippen molar-refractivity contribution in [3.63, 3.8) is 0 Å². The van der Waals surface area contributed by atoms with Gasteiger partial charge in [-0.05, 0) is 0 Å². The first-order chi connectivity index (χ1) is 2.00. The molecule has 0 aromatic carbocycles. The molecule has 0 amide bonds. The second-order valence-corrected chi connectivity index (χ2v) is 0. The molecule has 0 fully saturated rings. The molecule has 0 radical (unpaired) electrons. The summed E-state index contributed by atoms with van der Waals surface area (Å²) in [6.07, 6.45) is 0. The Bertz CT molecular complexity index is 8.00. The quantitative estimate of drug-likeness (QED) is 0.448. The van der Waals surface area contributed by atoms with Gasteiger partial charge < -0.3 is 0 Å². The maximum absolute atomic E-state index is 8.00. The molecule has 0 heterocycles. The van der Waals surface area contributed by atoms with Crippen molar-refractivity contribution in [2.24, 2.45) is 0 Å². The Labute approximate surface area is 40.0 Å². The monoisotopic (exact) mass is 151 g/mol. The molecule has 0 aliphatic rings. The molecule has 4 heteroatoms. The molecule has 0 aliphatic carbocycles. The van der Waals surface area contributed by atoms with E-state index in [1.165, 1.54) is 0 Å². The van der Waals surface area contributed by atoms with Gasteiger partial charge in [0.05, 0.1) is 0 Å². The van der Waals surface area contributed by atoms with Crippen molar-refractivity contribution in [2.45, 2.75) is 0 Å². The predicted octanol–water partition coefficient (Wildman–Crippen LogP) is -0.243. The fraction of sp³-hybridized carbons (Fsp3) is 0. The minimum atomic E-state index is 2.00. The van der Waals surface area contributed by atoms with E-state index in [4.69, 9.17) is 7.67 Å². The summed E-state index contributed by atoms with van der Waals surface area (Å²) in [5.74, 6) is 0. The molecule has 0 rings (SSSR count). The number of rotatable bonds is 0. The SMILES string of the molecule is [O]=[Cu].[O]=[Fe]. The normalized spacial score (nSPS) is 2.75. The van der Waals surface area contributed by atoms with Crippen molar-refractivity contribution in [3.8, 4) is 0 Å². The molecule has 0 saturated heterocycles. The van der Waals surface area contributed by atoms with E-state index < -0.39 is 0 Å². The second-order valence-electron chi connectivity index (χ2n) is 0. The molecular weight excluding hydrogens is 151 g/mol. The van der Waals surface area contributed by atoms with Gasteiger partial charge in [0.15, 0.2) is 0 Å². The van der Waals surface area contributed by atoms with Gasteiger partial charge in [0.1, 0.15) is 0 Å². The average Bonchev–Trinajstić information content (AvgIpc) is 1.50. The van der Waals surface area contributed by atoms with E-state index in [1.54, 1.807) is 0 Å². The molecule has 4 heavy (non-hydrogen) atoms. The van der Waals surface area contributed by atoms with Gasteiger partial charge in [-0.2, -0.15) is 0 Å². The van der Waals surface area contributed by atoms with E-state index >= 15 is 0 Å². The van der Waals surface area contributed by atoms with Crippen LogP contribution >= 0.6 is 0 Å². The maximum atomic E-state index is 8.00. The van der Waals surface area contributed by atoms with Crippen LogP contribution in [0.3, 0.4) is 0 Å². The number of hydrogen-bond acceptors (Lipinski definition) is 2. The molecule has 0 aliphatic heterocycles. The summed E-state index contributed by atoms with van der Waals surface area (Å²) in [6, 6.07) is 0. The summed E-state index contributed by atoms with van der Waals surface area (Å²) < 4.78 is 15.8. The third kappa shape index (κ3) is 17.4. The molecule has 0 N–H and O–H groups in total. The summed E-state index contributed by atoms with van der Waals surface area (Å²) in [5, 5.41) is 0. The van der Waals surface area contributed by atoms with Gasteiger partial charge in [0.25, 0.3) is 0 Å². The van der Waals surface area contributed by atoms with Gasteiger partial charge in [-0.3, -0.25) is 0 Å². The van der Waals surface area contributed by atoms with Gasteiger partial charge in [-0.25, -0.2) is 0 Å². The first kappa shape index (κ1) is 8.82. The fourth-order valence-electron chi connectivity index (χ4n) is 0. The van der Waals surface area contributed by atoms with Crippen LogP contribution in [0.25, 0.3) is 0 Å². The molecule has 0 unspecified atom stereocenters. The molecule has 0 atom stereocenters. The van der Waals surface area contributed by atoms with Crippen molar-refractivity contribution in [3.05, 3.63) is 0 Å². The van der Waals surface area contributed by atoms with E-state index in [9.17, 15) is 0 Å². The average molecular weight is 151 g/mol. The zero-order valence-corrected chi connectivity index (χ0v) is 3.52. The van der Waals surface area contributed by atoms with E-state index in [0.717, 1.165) is 0 Å². The Kier molecular flexibility index (Phi) is 137. The predicted molar refractivity (Wildman–Crippen MR) is 1.37 cm³/mol.